The number of anilines is 7. The van der Waals surface area contributed by atoms with Gasteiger partial charge >= 0.3 is 0 Å². The molecule has 1 aliphatic heterocycles. The first-order valence-corrected chi connectivity index (χ1v) is 29.2. The summed E-state index contributed by atoms with van der Waals surface area (Å²) in [5, 5.41) is 2.34. The number of fused-ring (bicyclic) bond motifs is 4. The van der Waals surface area contributed by atoms with Crippen molar-refractivity contribution in [3.8, 4) is 5.82 Å². The molecule has 11 aromatic rings. The van der Waals surface area contributed by atoms with Crippen LogP contribution in [0.15, 0.2) is 237 Å². The first-order valence-electron chi connectivity index (χ1n) is 29.2. The first-order chi connectivity index (χ1) is 39.2. The van der Waals surface area contributed by atoms with Crippen molar-refractivity contribution in [2.45, 2.75) is 110 Å². The van der Waals surface area contributed by atoms with Gasteiger partial charge < -0.3 is 14.7 Å². The summed E-state index contributed by atoms with van der Waals surface area (Å²) in [7, 11) is 0. The van der Waals surface area contributed by atoms with Crippen molar-refractivity contribution in [1.29, 1.82) is 0 Å². The Labute approximate surface area is 487 Å². The topological polar surface area (TPSA) is 27.5 Å². The monoisotopic (exact) mass is 1070 g/mol. The highest BCUT2D eigenvalue weighted by molar-refractivity contribution is 6.11. The minimum Gasteiger partial charge on any atom is -0.321 e. The lowest BCUT2D eigenvalue weighted by Gasteiger charge is -2.32. The lowest BCUT2D eigenvalue weighted by atomic mass is 9.71. The normalized spacial score (nSPS) is 13.3. The van der Waals surface area contributed by atoms with E-state index in [9.17, 15) is 0 Å². The van der Waals surface area contributed by atoms with E-state index in [1.807, 2.05) is 6.20 Å². The molecule has 0 atom stereocenters. The van der Waals surface area contributed by atoms with E-state index in [0.29, 0.717) is 6.67 Å². The lowest BCUT2D eigenvalue weighted by Crippen LogP contribution is -2.26. The van der Waals surface area contributed by atoms with Crippen LogP contribution in [-0.2, 0) is 27.1 Å². The van der Waals surface area contributed by atoms with Crippen LogP contribution in [0.5, 0.6) is 0 Å². The zero-order valence-corrected chi connectivity index (χ0v) is 50.0. The zero-order chi connectivity index (χ0) is 57.3. The van der Waals surface area contributed by atoms with Crippen LogP contribution in [0.1, 0.15) is 128 Å². The van der Waals surface area contributed by atoms with Crippen LogP contribution in [0.25, 0.3) is 27.6 Å². The summed E-state index contributed by atoms with van der Waals surface area (Å²) in [4.78, 5) is 12.8. The van der Waals surface area contributed by atoms with Crippen LogP contribution >= 0.6 is 0 Å². The molecule has 0 amide bonds. The summed E-state index contributed by atoms with van der Waals surface area (Å²) >= 11 is 0. The summed E-state index contributed by atoms with van der Waals surface area (Å²) in [6.45, 7) is 28.6. The lowest BCUT2D eigenvalue weighted by molar-refractivity contribution is 0.568. The molecule has 5 heteroatoms. The van der Waals surface area contributed by atoms with E-state index in [1.54, 1.807) is 0 Å². The molecule has 9 aromatic carbocycles. The van der Waals surface area contributed by atoms with Crippen molar-refractivity contribution in [2.24, 2.45) is 0 Å². The van der Waals surface area contributed by atoms with E-state index >= 15 is 0 Å². The smallest absolute Gasteiger partial charge is 0.137 e. The van der Waals surface area contributed by atoms with E-state index in [4.69, 9.17) is 4.98 Å². The number of hydrogen-bond acceptors (Lipinski definition) is 4. The Morgan fingerprint density at radius 1 is 0.341 bits per heavy atom. The molecule has 0 N–H and O–H groups in total. The maximum atomic E-state index is 5.26. The third-order valence-electron chi connectivity index (χ3n) is 17.5. The molecule has 1 aliphatic rings. The van der Waals surface area contributed by atoms with Gasteiger partial charge in [-0.25, -0.2) is 4.98 Å². The molecule has 3 heterocycles. The van der Waals surface area contributed by atoms with Crippen molar-refractivity contribution in [2.75, 3.05) is 21.4 Å². The second-order valence-corrected chi connectivity index (χ2v) is 26.4. The quantitative estimate of drug-likeness (QED) is 0.121. The molecule has 0 saturated heterocycles. The Balaban J connectivity index is 1.06. The van der Waals surface area contributed by atoms with Crippen molar-refractivity contribution in [3.63, 3.8) is 0 Å². The Bertz CT molecular complexity index is 4040. The third-order valence-corrected chi connectivity index (χ3v) is 17.5. The maximum absolute atomic E-state index is 5.26. The second kappa shape index (κ2) is 20.4. The Hall–Kier alpha value is -8.67. The standard InChI is InChI=1S/C77H77N5/c1-73(2,3)58-43-59(74(4,5)6)45-63(44-58)79-52-80(70-36-26-25-35-69(70)79)64-46-60(75(7,8)9)47-65(50-64)81(61-33-23-16-24-34-61)62-38-39-66-67-48-57(77(12,54-29-19-14-20-30-54)55-31-21-15-22-32-55)37-40-68(67)82(71(66)51-62)72-49-56(41-42-78-72)76(10,11)53-27-17-13-18-28-53/h13-51H,52H2,1-12H3. The largest absolute Gasteiger partial charge is 0.321 e. The molecule has 0 aliphatic carbocycles. The minimum atomic E-state index is -0.429. The third kappa shape index (κ3) is 9.74. The molecule has 0 unspecified atom stereocenters. The highest BCUT2D eigenvalue weighted by Gasteiger charge is 2.35. The average Bonchev–Trinajstić information content (AvgIpc) is 4.21. The minimum absolute atomic E-state index is 0.0158. The summed E-state index contributed by atoms with van der Waals surface area (Å²) in [5.41, 5.74) is 19.4. The average molecular weight is 1070 g/mol. The van der Waals surface area contributed by atoms with Crippen molar-refractivity contribution in [1.82, 2.24) is 9.55 Å². The SMILES string of the molecule is CC(C)(C)c1cc(N2CN(c3cc(C(C)(C)C)cc(C(C)(C)C)c3)c3ccccc32)cc(N(c2ccccc2)c2ccc3c4cc(C(C)(c5ccccc5)c5ccccc5)ccc4n(-c4cc(C(C)(C)c5ccccc5)ccn4)c3c2)c1. The van der Waals surface area contributed by atoms with Crippen LogP contribution in [0, 0.1) is 0 Å². The van der Waals surface area contributed by atoms with Gasteiger partial charge in [-0.2, -0.15) is 0 Å². The van der Waals surface area contributed by atoms with E-state index in [2.05, 4.69) is 333 Å². The van der Waals surface area contributed by atoms with Gasteiger partial charge in [-0.15, -0.1) is 0 Å². The van der Waals surface area contributed by atoms with Crippen LogP contribution in [0.4, 0.5) is 39.8 Å². The molecular formula is C77H77N5. The van der Waals surface area contributed by atoms with Crippen LogP contribution in [-0.4, -0.2) is 16.2 Å². The van der Waals surface area contributed by atoms with E-state index in [1.165, 1.54) is 67.0 Å². The number of hydrogen-bond donors (Lipinski definition) is 0. The van der Waals surface area contributed by atoms with Crippen molar-refractivity contribution < 1.29 is 0 Å². The Morgan fingerprint density at radius 2 is 0.841 bits per heavy atom. The fourth-order valence-corrected chi connectivity index (χ4v) is 12.3. The van der Waals surface area contributed by atoms with Crippen molar-refractivity contribution in [3.05, 3.63) is 281 Å². The van der Waals surface area contributed by atoms with Gasteiger partial charge in [0.15, 0.2) is 0 Å². The molecule has 0 saturated carbocycles. The van der Waals surface area contributed by atoms with Gasteiger partial charge in [0.1, 0.15) is 12.5 Å². The number of para-hydroxylation sites is 3. The van der Waals surface area contributed by atoms with Gasteiger partial charge in [-0.3, -0.25) is 4.57 Å². The van der Waals surface area contributed by atoms with Gasteiger partial charge in [-0.05, 0) is 159 Å². The molecule has 410 valence electrons. The van der Waals surface area contributed by atoms with Crippen LogP contribution < -0.4 is 14.7 Å². The van der Waals surface area contributed by atoms with Gasteiger partial charge in [0.2, 0.25) is 0 Å². The number of benzene rings is 9. The van der Waals surface area contributed by atoms with E-state index < -0.39 is 5.41 Å². The van der Waals surface area contributed by atoms with Crippen LogP contribution in [0.3, 0.4) is 0 Å². The number of pyridine rings is 1. The highest BCUT2D eigenvalue weighted by Crippen LogP contribution is 2.50. The molecule has 0 bridgehead atoms. The molecule has 5 nitrogen and oxygen atoms in total. The van der Waals surface area contributed by atoms with Crippen LogP contribution in [0.2, 0.25) is 0 Å². The summed E-state index contributed by atoms with van der Waals surface area (Å²) < 4.78 is 2.40. The van der Waals surface area contributed by atoms with E-state index in [0.717, 1.165) is 45.0 Å². The summed E-state index contributed by atoms with van der Waals surface area (Å²) in [6, 6.07) is 85.7. The van der Waals surface area contributed by atoms with E-state index in [-0.39, 0.29) is 21.7 Å². The summed E-state index contributed by atoms with van der Waals surface area (Å²) in [5.74, 6) is 0.878. The first kappa shape index (κ1) is 53.9. The zero-order valence-electron chi connectivity index (χ0n) is 50.0. The molecular weight excluding hydrogens is 995 g/mol. The molecule has 12 rings (SSSR count). The fourth-order valence-electron chi connectivity index (χ4n) is 12.3. The highest BCUT2D eigenvalue weighted by atomic mass is 15.4. The number of rotatable bonds is 11. The molecule has 0 fully saturated rings. The number of nitrogens with zero attached hydrogens (tertiary/aromatic N) is 5. The molecule has 0 spiro atoms. The summed E-state index contributed by atoms with van der Waals surface area (Å²) in [6.07, 6.45) is 1.99. The second-order valence-electron chi connectivity index (χ2n) is 26.4. The fraction of sp³-hybridized carbons (Fsp3) is 0.234. The molecule has 82 heavy (non-hydrogen) atoms. The predicted molar refractivity (Wildman–Crippen MR) is 348 cm³/mol. The van der Waals surface area contributed by atoms with Gasteiger partial charge in [-0.1, -0.05) is 216 Å². The Morgan fingerprint density at radius 3 is 1.39 bits per heavy atom. The van der Waals surface area contributed by atoms with Gasteiger partial charge in [0, 0.05) is 56.2 Å². The van der Waals surface area contributed by atoms with Crippen molar-refractivity contribution >= 4 is 61.6 Å². The molecule has 0 radical (unpaired) electrons. The molecule has 2 aromatic heterocycles. The van der Waals surface area contributed by atoms with Gasteiger partial charge in [0.25, 0.3) is 0 Å². The maximum Gasteiger partial charge on any atom is 0.137 e. The van der Waals surface area contributed by atoms with Gasteiger partial charge in [0.05, 0.1) is 22.4 Å². The number of aromatic nitrogens is 2. The Kier molecular flexibility index (Phi) is 13.4. The predicted octanol–water partition coefficient (Wildman–Crippen LogP) is 20.5.